The average Bonchev–Trinajstić information content (AvgIpc) is 2.58. The Hall–Kier alpha value is -1.63. The average molecular weight is 401 g/mol. The summed E-state index contributed by atoms with van der Waals surface area (Å²) >= 11 is 0. The van der Waals surface area contributed by atoms with Crippen LogP contribution in [-0.2, 0) is 14.4 Å². The van der Waals surface area contributed by atoms with Crippen LogP contribution >= 0.6 is 0 Å². The molecule has 164 valence electrons. The molecule has 0 heterocycles. The highest BCUT2D eigenvalue weighted by molar-refractivity contribution is 5.78. The van der Waals surface area contributed by atoms with Gasteiger partial charge in [0.2, 0.25) is 5.91 Å². The maximum atomic E-state index is 11.9. The van der Waals surface area contributed by atoms with Crippen LogP contribution in [0.5, 0.6) is 0 Å². The second-order valence-corrected chi connectivity index (χ2v) is 8.52. The molecule has 0 aromatic rings. The topological polar surface area (TPSA) is 116 Å². The minimum absolute atomic E-state index is 0.0941. The monoisotopic (exact) mass is 400 g/mol. The summed E-state index contributed by atoms with van der Waals surface area (Å²) < 4.78 is 0. The fraction of sp³-hybridized carbons (Fsp3) is 0.857. The van der Waals surface area contributed by atoms with E-state index in [-0.39, 0.29) is 24.4 Å². The van der Waals surface area contributed by atoms with Crippen LogP contribution in [0.15, 0.2) is 0 Å². The lowest BCUT2D eigenvalue weighted by Crippen LogP contribution is -2.53. The Balaban J connectivity index is 3.57. The highest BCUT2D eigenvalue weighted by Gasteiger charge is 2.23. The van der Waals surface area contributed by atoms with Crippen LogP contribution in [-0.4, -0.2) is 46.2 Å². The van der Waals surface area contributed by atoms with Gasteiger partial charge in [-0.25, -0.2) is 0 Å². The van der Waals surface area contributed by atoms with Crippen molar-refractivity contribution in [3.63, 3.8) is 0 Å². The first-order valence-corrected chi connectivity index (χ1v) is 10.6. The van der Waals surface area contributed by atoms with E-state index in [4.69, 9.17) is 5.11 Å². The number of hydrogen-bond acceptors (Lipinski definition) is 4. The number of carboxylic acids is 2. The van der Waals surface area contributed by atoms with E-state index in [1.165, 1.54) is 12.8 Å². The molecule has 0 unspecified atom stereocenters. The van der Waals surface area contributed by atoms with Crippen molar-refractivity contribution in [2.24, 2.45) is 0 Å². The van der Waals surface area contributed by atoms with Crippen LogP contribution in [0.1, 0.15) is 97.8 Å². The summed E-state index contributed by atoms with van der Waals surface area (Å²) in [7, 11) is 0. The van der Waals surface area contributed by atoms with Crippen LogP contribution in [0.4, 0.5) is 0 Å². The largest absolute Gasteiger partial charge is 0.481 e. The van der Waals surface area contributed by atoms with Crippen molar-refractivity contribution in [2.45, 2.75) is 109 Å². The van der Waals surface area contributed by atoms with E-state index >= 15 is 0 Å². The number of carboxylic acid groups (broad SMARTS) is 2. The van der Waals surface area contributed by atoms with E-state index in [1.54, 1.807) is 0 Å². The Bertz CT molecular complexity index is 460. The summed E-state index contributed by atoms with van der Waals surface area (Å²) in [5, 5.41) is 23.5. The van der Waals surface area contributed by atoms with Crippen molar-refractivity contribution in [3.8, 4) is 0 Å². The molecule has 7 nitrogen and oxygen atoms in total. The van der Waals surface area contributed by atoms with Crippen LogP contribution in [0.25, 0.3) is 0 Å². The third kappa shape index (κ3) is 17.8. The normalized spacial score (nSPS) is 12.5. The highest BCUT2D eigenvalue weighted by atomic mass is 16.4. The Morgan fingerprint density at radius 3 is 1.57 bits per heavy atom. The number of amides is 1. The van der Waals surface area contributed by atoms with Crippen molar-refractivity contribution < 1.29 is 24.6 Å². The number of carbonyl (C=O) groups excluding carboxylic acids is 1. The first kappa shape index (κ1) is 26.4. The minimum Gasteiger partial charge on any atom is -0.481 e. The number of aliphatic carboxylic acids is 2. The second-order valence-electron chi connectivity index (χ2n) is 8.52. The highest BCUT2D eigenvalue weighted by Crippen LogP contribution is 2.12. The molecule has 28 heavy (non-hydrogen) atoms. The molecular formula is C21H40N2O5. The molecule has 7 heteroatoms. The SMILES string of the molecule is CC(C)(C)N[C@@H](CNC(=O)CCCCCCCCCCCCC(=O)O)C(=O)O. The lowest BCUT2D eigenvalue weighted by Gasteiger charge is -2.26. The van der Waals surface area contributed by atoms with Crippen molar-refractivity contribution in [1.82, 2.24) is 10.6 Å². The van der Waals surface area contributed by atoms with E-state index in [0.717, 1.165) is 51.4 Å². The first-order valence-electron chi connectivity index (χ1n) is 10.6. The molecule has 0 bridgehead atoms. The molecular weight excluding hydrogens is 360 g/mol. The van der Waals surface area contributed by atoms with E-state index in [0.29, 0.717) is 6.42 Å². The van der Waals surface area contributed by atoms with Gasteiger partial charge in [-0.1, -0.05) is 51.4 Å². The first-order chi connectivity index (χ1) is 13.1. The molecule has 0 aromatic heterocycles. The Labute approximate surface area is 169 Å². The standard InChI is InChI=1S/C21H40N2O5/c1-21(2,3)23-17(20(27)28)16-22-18(24)14-12-10-8-6-4-5-7-9-11-13-15-19(25)26/h17,23H,4-16H2,1-3H3,(H,22,24)(H,25,26)(H,27,28)/t17-/m0/s1. The Morgan fingerprint density at radius 2 is 1.18 bits per heavy atom. The van der Waals surface area contributed by atoms with Crippen LogP contribution in [0.3, 0.4) is 0 Å². The van der Waals surface area contributed by atoms with Crippen molar-refractivity contribution >= 4 is 17.8 Å². The van der Waals surface area contributed by atoms with E-state index in [9.17, 15) is 19.5 Å². The molecule has 0 saturated heterocycles. The number of unbranched alkanes of at least 4 members (excludes halogenated alkanes) is 9. The number of nitrogens with one attached hydrogen (secondary N) is 2. The lowest BCUT2D eigenvalue weighted by molar-refractivity contribution is -0.140. The predicted octanol–water partition coefficient (Wildman–Crippen LogP) is 3.71. The summed E-state index contributed by atoms with van der Waals surface area (Å²) in [4.78, 5) is 33.5. The van der Waals surface area contributed by atoms with Gasteiger partial charge in [-0.3, -0.25) is 19.7 Å². The van der Waals surface area contributed by atoms with Crippen molar-refractivity contribution in [2.75, 3.05) is 6.54 Å². The van der Waals surface area contributed by atoms with Gasteiger partial charge in [0.25, 0.3) is 0 Å². The summed E-state index contributed by atoms with van der Waals surface area (Å²) in [5.41, 5.74) is -0.327. The number of hydrogen-bond donors (Lipinski definition) is 4. The molecule has 0 aliphatic rings. The molecule has 0 saturated carbocycles. The van der Waals surface area contributed by atoms with E-state index in [1.807, 2.05) is 20.8 Å². The molecule has 0 fully saturated rings. The zero-order valence-electron chi connectivity index (χ0n) is 17.9. The molecule has 0 radical (unpaired) electrons. The Kier molecular flexibility index (Phi) is 14.4. The summed E-state index contributed by atoms with van der Waals surface area (Å²) in [6.45, 7) is 5.77. The molecule has 0 rings (SSSR count). The maximum Gasteiger partial charge on any atom is 0.322 e. The predicted molar refractivity (Wildman–Crippen MR) is 110 cm³/mol. The van der Waals surface area contributed by atoms with Crippen LogP contribution < -0.4 is 10.6 Å². The zero-order chi connectivity index (χ0) is 21.4. The lowest BCUT2D eigenvalue weighted by atomic mass is 10.0. The van der Waals surface area contributed by atoms with Gasteiger partial charge in [-0.15, -0.1) is 0 Å². The van der Waals surface area contributed by atoms with Gasteiger partial charge in [0.1, 0.15) is 6.04 Å². The van der Waals surface area contributed by atoms with Gasteiger partial charge in [-0.2, -0.15) is 0 Å². The second kappa shape index (κ2) is 15.3. The smallest absolute Gasteiger partial charge is 0.322 e. The van der Waals surface area contributed by atoms with Gasteiger partial charge in [-0.05, 0) is 33.6 Å². The third-order valence-electron chi connectivity index (χ3n) is 4.45. The number of carbonyl (C=O) groups is 3. The van der Waals surface area contributed by atoms with E-state index in [2.05, 4.69) is 10.6 Å². The molecule has 0 aliphatic heterocycles. The fourth-order valence-corrected chi connectivity index (χ4v) is 3.00. The van der Waals surface area contributed by atoms with Crippen molar-refractivity contribution in [1.29, 1.82) is 0 Å². The summed E-state index contributed by atoms with van der Waals surface area (Å²) in [5.74, 6) is -1.77. The third-order valence-corrected chi connectivity index (χ3v) is 4.45. The summed E-state index contributed by atoms with van der Waals surface area (Å²) in [6, 6.07) is -0.784. The molecule has 0 aromatic carbocycles. The maximum absolute atomic E-state index is 11.9. The molecule has 1 atom stereocenters. The molecule has 0 aliphatic carbocycles. The minimum atomic E-state index is -0.961. The fourth-order valence-electron chi connectivity index (χ4n) is 3.00. The molecule has 1 amide bonds. The summed E-state index contributed by atoms with van der Waals surface area (Å²) in [6.07, 6.45) is 11.2. The van der Waals surface area contributed by atoms with Gasteiger partial charge < -0.3 is 15.5 Å². The van der Waals surface area contributed by atoms with Gasteiger partial charge in [0, 0.05) is 24.9 Å². The van der Waals surface area contributed by atoms with Crippen LogP contribution in [0, 0.1) is 0 Å². The zero-order valence-corrected chi connectivity index (χ0v) is 17.9. The van der Waals surface area contributed by atoms with Crippen molar-refractivity contribution in [3.05, 3.63) is 0 Å². The van der Waals surface area contributed by atoms with Gasteiger partial charge in [0.15, 0.2) is 0 Å². The van der Waals surface area contributed by atoms with E-state index < -0.39 is 18.0 Å². The quantitative estimate of drug-likeness (QED) is 0.277. The van der Waals surface area contributed by atoms with Crippen LogP contribution in [0.2, 0.25) is 0 Å². The molecule has 4 N–H and O–H groups in total. The van der Waals surface area contributed by atoms with Gasteiger partial charge >= 0.3 is 11.9 Å². The number of rotatable bonds is 17. The Morgan fingerprint density at radius 1 is 0.750 bits per heavy atom. The van der Waals surface area contributed by atoms with Gasteiger partial charge in [0.05, 0.1) is 0 Å². The molecule has 0 spiro atoms.